The van der Waals surface area contributed by atoms with Crippen LogP contribution in [-0.4, -0.2) is 14.4 Å². The Morgan fingerprint density at radius 2 is 1.13 bits per heavy atom. The molecule has 2 aromatic heterocycles. The maximum atomic E-state index is 14.3. The lowest BCUT2D eigenvalue weighted by Gasteiger charge is -2.30. The van der Waals surface area contributed by atoms with E-state index in [1.54, 1.807) is 4.40 Å². The molecule has 0 saturated heterocycles. The highest BCUT2D eigenvalue weighted by Gasteiger charge is 2.36. The quantitative estimate of drug-likeness (QED) is 0.134. The Morgan fingerprint density at radius 1 is 0.509 bits per heavy atom. The smallest absolute Gasteiger partial charge is 0.267 e. The van der Waals surface area contributed by atoms with E-state index < -0.39 is 0 Å². The number of nitrogens with zero attached hydrogens (tertiary/aromatic N) is 4. The zero-order valence-electron chi connectivity index (χ0n) is 29.4. The van der Waals surface area contributed by atoms with Gasteiger partial charge < -0.3 is 4.90 Å². The maximum absolute atomic E-state index is 14.3. The Kier molecular flexibility index (Phi) is 6.92. The molecule has 7 aromatic carbocycles. The number of anilines is 3. The van der Waals surface area contributed by atoms with Crippen molar-refractivity contribution in [1.82, 2.24) is 14.4 Å². The van der Waals surface area contributed by atoms with Gasteiger partial charge in [0.05, 0.1) is 22.1 Å². The Bertz CT molecular complexity index is 2960. The summed E-state index contributed by atoms with van der Waals surface area (Å²) in [5.41, 5.74) is 13.0. The summed E-state index contributed by atoms with van der Waals surface area (Å²) in [5, 5.41) is 1.38. The zero-order chi connectivity index (χ0) is 35.7. The summed E-state index contributed by atoms with van der Waals surface area (Å²) in [4.78, 5) is 26.8. The second kappa shape index (κ2) is 11.9. The molecule has 0 amide bonds. The van der Waals surface area contributed by atoms with Crippen molar-refractivity contribution in [2.45, 2.75) is 19.3 Å². The highest BCUT2D eigenvalue weighted by atomic mass is 16.1. The van der Waals surface area contributed by atoms with Crippen molar-refractivity contribution in [2.24, 2.45) is 0 Å². The standard InChI is InChI=1S/C48H34N4O/c1-48(2)40-23-10-6-20-36(40)37-28-27-34(30-41(37)48)51(44-26-13-9-19-35(44)31-15-4-3-5-16-31)33-18-14-17-32(29-33)45-49-42-24-11-7-21-38(42)46-50-43-25-12-8-22-39(43)47(53)52(45)46/h3-30H,1-2H3. The minimum atomic E-state index is -0.167. The van der Waals surface area contributed by atoms with Gasteiger partial charge in [0, 0.05) is 33.3 Å². The molecule has 1 aliphatic rings. The molecule has 0 spiro atoms. The molecular formula is C48H34N4O. The van der Waals surface area contributed by atoms with Crippen molar-refractivity contribution in [3.8, 4) is 33.6 Å². The molecule has 5 heteroatoms. The molecule has 0 fully saturated rings. The second-order valence-electron chi connectivity index (χ2n) is 14.2. The molecule has 0 radical (unpaired) electrons. The molecule has 0 saturated carbocycles. The van der Waals surface area contributed by atoms with Crippen LogP contribution in [0, 0.1) is 0 Å². The average Bonchev–Trinajstić information content (AvgIpc) is 3.44. The summed E-state index contributed by atoms with van der Waals surface area (Å²) in [7, 11) is 0. The summed E-state index contributed by atoms with van der Waals surface area (Å²) < 4.78 is 1.68. The lowest BCUT2D eigenvalue weighted by atomic mass is 9.82. The third-order valence-electron chi connectivity index (χ3n) is 10.8. The second-order valence-corrected chi connectivity index (χ2v) is 14.2. The highest BCUT2D eigenvalue weighted by Crippen LogP contribution is 2.51. The van der Waals surface area contributed by atoms with E-state index >= 15 is 0 Å². The van der Waals surface area contributed by atoms with Gasteiger partial charge in [0.25, 0.3) is 5.56 Å². The Hall–Kier alpha value is -6.85. The summed E-state index contributed by atoms with van der Waals surface area (Å²) in [6.07, 6.45) is 0. The lowest BCUT2D eigenvalue weighted by molar-refractivity contribution is 0.660. The van der Waals surface area contributed by atoms with Crippen molar-refractivity contribution in [2.75, 3.05) is 4.90 Å². The summed E-state index contributed by atoms with van der Waals surface area (Å²) >= 11 is 0. The molecule has 10 rings (SSSR count). The first kappa shape index (κ1) is 30.9. The first-order valence-corrected chi connectivity index (χ1v) is 18.0. The van der Waals surface area contributed by atoms with Gasteiger partial charge in [0.2, 0.25) is 0 Å². The van der Waals surface area contributed by atoms with Gasteiger partial charge in [-0.25, -0.2) is 14.4 Å². The predicted molar refractivity (Wildman–Crippen MR) is 217 cm³/mol. The van der Waals surface area contributed by atoms with Crippen LogP contribution in [0.2, 0.25) is 0 Å². The summed E-state index contributed by atoms with van der Waals surface area (Å²) in [6.45, 7) is 4.63. The van der Waals surface area contributed by atoms with Crippen LogP contribution in [0.3, 0.4) is 0 Å². The van der Waals surface area contributed by atoms with Crippen LogP contribution < -0.4 is 10.5 Å². The lowest BCUT2D eigenvalue weighted by Crippen LogP contribution is -2.19. The topological polar surface area (TPSA) is 50.5 Å². The van der Waals surface area contributed by atoms with Crippen LogP contribution in [0.4, 0.5) is 17.1 Å². The number of hydrogen-bond acceptors (Lipinski definition) is 4. The third kappa shape index (κ3) is 4.81. The molecule has 0 aliphatic heterocycles. The molecular weight excluding hydrogens is 649 g/mol. The largest absolute Gasteiger partial charge is 0.310 e. The van der Waals surface area contributed by atoms with Crippen LogP contribution >= 0.6 is 0 Å². The molecule has 53 heavy (non-hydrogen) atoms. The van der Waals surface area contributed by atoms with E-state index in [-0.39, 0.29) is 11.0 Å². The van der Waals surface area contributed by atoms with Crippen LogP contribution in [0.1, 0.15) is 25.0 Å². The van der Waals surface area contributed by atoms with E-state index in [9.17, 15) is 4.79 Å². The van der Waals surface area contributed by atoms with E-state index in [1.807, 2.05) is 54.6 Å². The first-order valence-electron chi connectivity index (χ1n) is 18.0. The predicted octanol–water partition coefficient (Wildman–Crippen LogP) is 11.5. The van der Waals surface area contributed by atoms with Crippen molar-refractivity contribution >= 4 is 44.5 Å². The number of benzene rings is 7. The van der Waals surface area contributed by atoms with Gasteiger partial charge in [-0.1, -0.05) is 129 Å². The maximum Gasteiger partial charge on any atom is 0.267 e. The zero-order valence-corrected chi connectivity index (χ0v) is 29.4. The van der Waals surface area contributed by atoms with Crippen molar-refractivity contribution in [3.05, 3.63) is 191 Å². The number of hydrogen-bond donors (Lipinski definition) is 0. The SMILES string of the molecule is CC1(C)c2ccccc2-c2ccc(N(c3cccc(-c4nc5ccccc5c5nc6ccccc6c(=O)n45)c3)c3ccccc3-c3ccccc3)cc21. The highest BCUT2D eigenvalue weighted by molar-refractivity contribution is 5.96. The molecule has 5 nitrogen and oxygen atoms in total. The molecule has 1 aliphatic carbocycles. The van der Waals surface area contributed by atoms with Gasteiger partial charge in [-0.2, -0.15) is 0 Å². The minimum absolute atomic E-state index is 0.143. The molecule has 0 atom stereocenters. The number of fused-ring (bicyclic) bond motifs is 7. The molecule has 252 valence electrons. The van der Waals surface area contributed by atoms with Crippen molar-refractivity contribution in [1.29, 1.82) is 0 Å². The van der Waals surface area contributed by atoms with Gasteiger partial charge in [0.15, 0.2) is 5.65 Å². The molecule has 0 unspecified atom stereocenters. The third-order valence-corrected chi connectivity index (χ3v) is 10.8. The number of aromatic nitrogens is 3. The van der Waals surface area contributed by atoms with Gasteiger partial charge in [0.1, 0.15) is 5.82 Å². The van der Waals surface area contributed by atoms with E-state index in [2.05, 4.69) is 134 Å². The van der Waals surface area contributed by atoms with Crippen LogP contribution in [0.15, 0.2) is 175 Å². The van der Waals surface area contributed by atoms with E-state index in [0.29, 0.717) is 22.4 Å². The van der Waals surface area contributed by atoms with Gasteiger partial charge in [-0.3, -0.25) is 4.79 Å². The van der Waals surface area contributed by atoms with Crippen molar-refractivity contribution < 1.29 is 0 Å². The van der Waals surface area contributed by atoms with Crippen molar-refractivity contribution in [3.63, 3.8) is 0 Å². The van der Waals surface area contributed by atoms with E-state index in [4.69, 9.17) is 9.97 Å². The molecule has 2 heterocycles. The molecule has 0 N–H and O–H groups in total. The molecule has 0 bridgehead atoms. The van der Waals surface area contributed by atoms with Crippen LogP contribution in [-0.2, 0) is 5.41 Å². The Morgan fingerprint density at radius 3 is 1.96 bits per heavy atom. The fraction of sp³-hybridized carbons (Fsp3) is 0.0625. The Labute approximate surface area is 307 Å². The van der Waals surface area contributed by atoms with Gasteiger partial charge in [-0.05, 0) is 82.4 Å². The fourth-order valence-corrected chi connectivity index (χ4v) is 8.20. The van der Waals surface area contributed by atoms with Gasteiger partial charge in [-0.15, -0.1) is 0 Å². The van der Waals surface area contributed by atoms with E-state index in [1.165, 1.54) is 22.3 Å². The fourth-order valence-electron chi connectivity index (χ4n) is 8.20. The van der Waals surface area contributed by atoms with Crippen LogP contribution in [0.5, 0.6) is 0 Å². The number of para-hydroxylation sites is 3. The average molecular weight is 683 g/mol. The van der Waals surface area contributed by atoms with Gasteiger partial charge >= 0.3 is 0 Å². The monoisotopic (exact) mass is 682 g/mol. The van der Waals surface area contributed by atoms with Crippen LogP contribution in [0.25, 0.3) is 61.1 Å². The normalized spacial score (nSPS) is 12.9. The summed E-state index contributed by atoms with van der Waals surface area (Å²) in [6, 6.07) is 58.5. The van der Waals surface area contributed by atoms with E-state index in [0.717, 1.165) is 44.7 Å². The number of rotatable bonds is 5. The first-order chi connectivity index (χ1) is 26.0. The Balaban J connectivity index is 1.23. The molecule has 9 aromatic rings. The summed E-state index contributed by atoms with van der Waals surface area (Å²) in [5.74, 6) is 0.547. The minimum Gasteiger partial charge on any atom is -0.310 e.